The molecule has 1 atom stereocenters. The van der Waals surface area contributed by atoms with Crippen LogP contribution in [-0.2, 0) is 6.54 Å². The van der Waals surface area contributed by atoms with Crippen molar-refractivity contribution < 1.29 is 4.79 Å². The summed E-state index contributed by atoms with van der Waals surface area (Å²) in [7, 11) is 0. The Bertz CT molecular complexity index is 608. The Morgan fingerprint density at radius 2 is 2.11 bits per heavy atom. The van der Waals surface area contributed by atoms with Crippen LogP contribution in [0.3, 0.4) is 0 Å². The van der Waals surface area contributed by atoms with Gasteiger partial charge in [0.25, 0.3) is 0 Å². The zero-order chi connectivity index (χ0) is 18.8. The summed E-state index contributed by atoms with van der Waals surface area (Å²) in [6.07, 6.45) is 5.21. The van der Waals surface area contributed by atoms with Crippen molar-refractivity contribution in [1.82, 2.24) is 15.5 Å². The summed E-state index contributed by atoms with van der Waals surface area (Å²) >= 11 is 0. The summed E-state index contributed by atoms with van der Waals surface area (Å²) in [5.41, 5.74) is 6.83. The number of guanidine groups is 1. The number of aliphatic imine (C=N–C) groups is 1. The SMILES string of the molecule is CCNC(=NCc1cccc(C(N)=O)c1)NCCN1CCCCC1CC.I. The first-order valence-corrected chi connectivity index (χ1v) is 9.79. The minimum atomic E-state index is -0.409. The molecule has 2 rings (SSSR count). The standard InChI is InChI=1S/C20H33N5O.HI/c1-3-18-10-5-6-12-25(18)13-11-23-20(22-4-2)24-15-16-8-7-9-17(14-16)19(21)26;/h7-9,14,18H,3-6,10-13,15H2,1-2H3,(H2,21,26)(H2,22,23,24);1H. The Morgan fingerprint density at radius 1 is 1.30 bits per heavy atom. The highest BCUT2D eigenvalue weighted by Crippen LogP contribution is 2.18. The van der Waals surface area contributed by atoms with Crippen LogP contribution < -0.4 is 16.4 Å². The van der Waals surface area contributed by atoms with Gasteiger partial charge < -0.3 is 16.4 Å². The molecule has 1 heterocycles. The van der Waals surface area contributed by atoms with Crippen molar-refractivity contribution in [3.63, 3.8) is 0 Å². The molecule has 1 saturated heterocycles. The fraction of sp³-hybridized carbons (Fsp3) is 0.600. The van der Waals surface area contributed by atoms with Crippen molar-refractivity contribution in [2.24, 2.45) is 10.7 Å². The number of halogens is 1. The van der Waals surface area contributed by atoms with Gasteiger partial charge in [0.2, 0.25) is 5.91 Å². The molecule has 0 bridgehead atoms. The molecule has 1 aromatic rings. The second-order valence-electron chi connectivity index (χ2n) is 6.78. The Hall–Kier alpha value is -1.35. The third-order valence-electron chi connectivity index (χ3n) is 4.89. The Labute approximate surface area is 180 Å². The molecule has 152 valence electrons. The molecule has 1 unspecified atom stereocenters. The lowest BCUT2D eigenvalue weighted by Gasteiger charge is -2.35. The number of hydrogen-bond donors (Lipinski definition) is 3. The predicted molar refractivity (Wildman–Crippen MR) is 123 cm³/mol. The van der Waals surface area contributed by atoms with Crippen LogP contribution in [0.15, 0.2) is 29.3 Å². The number of amides is 1. The number of nitrogens with two attached hydrogens (primary N) is 1. The van der Waals surface area contributed by atoms with Crippen molar-refractivity contribution in [2.75, 3.05) is 26.2 Å². The van der Waals surface area contributed by atoms with E-state index >= 15 is 0 Å². The molecular weight excluding hydrogens is 453 g/mol. The fourth-order valence-electron chi connectivity index (χ4n) is 3.47. The second-order valence-corrected chi connectivity index (χ2v) is 6.78. The number of hydrogen-bond acceptors (Lipinski definition) is 3. The van der Waals surface area contributed by atoms with E-state index < -0.39 is 5.91 Å². The molecule has 0 saturated carbocycles. The minimum absolute atomic E-state index is 0. The van der Waals surface area contributed by atoms with Gasteiger partial charge >= 0.3 is 0 Å². The molecule has 1 aliphatic heterocycles. The number of carbonyl (C=O) groups excluding carboxylic acids is 1. The van der Waals surface area contributed by atoms with Gasteiger partial charge in [0.1, 0.15) is 0 Å². The first-order chi connectivity index (χ1) is 12.6. The fourth-order valence-corrected chi connectivity index (χ4v) is 3.47. The zero-order valence-corrected chi connectivity index (χ0v) is 18.9. The van der Waals surface area contributed by atoms with E-state index in [0.717, 1.165) is 37.2 Å². The highest BCUT2D eigenvalue weighted by Gasteiger charge is 2.19. The van der Waals surface area contributed by atoms with Gasteiger partial charge in [-0.15, -0.1) is 24.0 Å². The summed E-state index contributed by atoms with van der Waals surface area (Å²) in [6.45, 7) is 8.79. The number of nitrogens with zero attached hydrogens (tertiary/aromatic N) is 2. The molecule has 0 aliphatic carbocycles. The molecular formula is C20H34IN5O. The van der Waals surface area contributed by atoms with Gasteiger partial charge in [0.05, 0.1) is 6.54 Å². The van der Waals surface area contributed by atoms with E-state index in [-0.39, 0.29) is 24.0 Å². The third kappa shape index (κ3) is 8.04. The predicted octanol–water partition coefficient (Wildman–Crippen LogP) is 2.72. The van der Waals surface area contributed by atoms with Crippen LogP contribution in [0.2, 0.25) is 0 Å². The molecule has 1 aliphatic rings. The largest absolute Gasteiger partial charge is 0.366 e. The van der Waals surface area contributed by atoms with E-state index in [9.17, 15) is 4.79 Å². The number of carbonyl (C=O) groups is 1. The van der Waals surface area contributed by atoms with Gasteiger partial charge in [-0.05, 0) is 50.4 Å². The summed E-state index contributed by atoms with van der Waals surface area (Å²) in [4.78, 5) is 18.5. The van der Waals surface area contributed by atoms with Crippen LogP contribution in [0, 0.1) is 0 Å². The lowest BCUT2D eigenvalue weighted by molar-refractivity contribution is 0.1000. The molecule has 0 radical (unpaired) electrons. The number of piperidine rings is 1. The lowest BCUT2D eigenvalue weighted by Crippen LogP contribution is -2.45. The molecule has 0 aromatic heterocycles. The minimum Gasteiger partial charge on any atom is -0.366 e. The van der Waals surface area contributed by atoms with E-state index in [0.29, 0.717) is 12.1 Å². The lowest BCUT2D eigenvalue weighted by atomic mass is 10.0. The van der Waals surface area contributed by atoms with Crippen LogP contribution in [0.4, 0.5) is 0 Å². The maximum atomic E-state index is 11.3. The van der Waals surface area contributed by atoms with Crippen molar-refractivity contribution in [3.05, 3.63) is 35.4 Å². The molecule has 4 N–H and O–H groups in total. The van der Waals surface area contributed by atoms with Gasteiger partial charge in [-0.25, -0.2) is 4.99 Å². The molecule has 1 amide bonds. The van der Waals surface area contributed by atoms with E-state index in [1.807, 2.05) is 12.1 Å². The van der Waals surface area contributed by atoms with E-state index in [1.54, 1.807) is 12.1 Å². The molecule has 0 spiro atoms. The highest BCUT2D eigenvalue weighted by molar-refractivity contribution is 14.0. The third-order valence-corrected chi connectivity index (χ3v) is 4.89. The van der Waals surface area contributed by atoms with Crippen molar-refractivity contribution in [2.45, 2.75) is 52.1 Å². The zero-order valence-electron chi connectivity index (χ0n) is 16.5. The van der Waals surface area contributed by atoms with Crippen LogP contribution in [-0.4, -0.2) is 49.0 Å². The quantitative estimate of drug-likeness (QED) is 0.299. The summed E-state index contributed by atoms with van der Waals surface area (Å²) < 4.78 is 0. The van der Waals surface area contributed by atoms with Gasteiger partial charge in [0, 0.05) is 31.2 Å². The van der Waals surface area contributed by atoms with Gasteiger partial charge in [-0.2, -0.15) is 0 Å². The first kappa shape index (κ1) is 23.7. The Kier molecular flexibility index (Phi) is 11.3. The molecule has 6 nitrogen and oxygen atoms in total. The first-order valence-electron chi connectivity index (χ1n) is 9.79. The number of primary amides is 1. The van der Waals surface area contributed by atoms with Gasteiger partial charge in [0.15, 0.2) is 5.96 Å². The van der Waals surface area contributed by atoms with Crippen molar-refractivity contribution in [1.29, 1.82) is 0 Å². The maximum absolute atomic E-state index is 11.3. The van der Waals surface area contributed by atoms with Crippen LogP contribution in [0.5, 0.6) is 0 Å². The van der Waals surface area contributed by atoms with E-state index in [4.69, 9.17) is 5.73 Å². The second kappa shape index (κ2) is 12.9. The number of likely N-dealkylation sites (tertiary alicyclic amines) is 1. The molecule has 1 aromatic carbocycles. The van der Waals surface area contributed by atoms with Crippen LogP contribution in [0.1, 0.15) is 55.5 Å². The molecule has 7 heteroatoms. The van der Waals surface area contributed by atoms with Crippen molar-refractivity contribution >= 4 is 35.8 Å². The number of nitrogens with one attached hydrogen (secondary N) is 2. The Morgan fingerprint density at radius 3 is 2.81 bits per heavy atom. The number of benzene rings is 1. The van der Waals surface area contributed by atoms with E-state index in [2.05, 4.69) is 34.4 Å². The molecule has 1 fully saturated rings. The summed E-state index contributed by atoms with van der Waals surface area (Å²) in [6, 6.07) is 8.05. The normalized spacial score (nSPS) is 17.9. The average Bonchev–Trinajstić information content (AvgIpc) is 2.66. The van der Waals surface area contributed by atoms with Gasteiger partial charge in [-0.1, -0.05) is 25.5 Å². The monoisotopic (exact) mass is 487 g/mol. The van der Waals surface area contributed by atoms with Gasteiger partial charge in [-0.3, -0.25) is 9.69 Å². The van der Waals surface area contributed by atoms with E-state index in [1.165, 1.54) is 32.2 Å². The topological polar surface area (TPSA) is 82.7 Å². The van der Waals surface area contributed by atoms with Crippen LogP contribution in [0.25, 0.3) is 0 Å². The van der Waals surface area contributed by atoms with Crippen LogP contribution >= 0.6 is 24.0 Å². The summed E-state index contributed by atoms with van der Waals surface area (Å²) in [5.74, 6) is 0.398. The number of rotatable bonds is 8. The Balaban J connectivity index is 0.00000364. The van der Waals surface area contributed by atoms with Crippen molar-refractivity contribution in [3.8, 4) is 0 Å². The maximum Gasteiger partial charge on any atom is 0.248 e. The average molecular weight is 487 g/mol. The molecule has 27 heavy (non-hydrogen) atoms. The summed E-state index contributed by atoms with van der Waals surface area (Å²) in [5, 5.41) is 6.71. The smallest absolute Gasteiger partial charge is 0.248 e. The highest BCUT2D eigenvalue weighted by atomic mass is 127.